The van der Waals surface area contributed by atoms with Crippen LogP contribution in [-0.2, 0) is 17.8 Å². The third-order valence-corrected chi connectivity index (χ3v) is 6.54. The van der Waals surface area contributed by atoms with Crippen molar-refractivity contribution < 1.29 is 19.8 Å². The van der Waals surface area contributed by atoms with Crippen molar-refractivity contribution in [2.45, 2.75) is 19.0 Å². The molecule has 0 spiro atoms. The molecule has 2 atom stereocenters. The Kier molecular flexibility index (Phi) is 6.91. The Balaban J connectivity index is 1.49. The fraction of sp³-hybridized carbons (Fsp3) is 0.200. The number of rotatable bonds is 6. The lowest BCUT2D eigenvalue weighted by Gasteiger charge is -2.47. The summed E-state index contributed by atoms with van der Waals surface area (Å²) in [5.41, 5.74) is 2.83. The third-order valence-electron chi connectivity index (χ3n) is 5.91. The van der Waals surface area contributed by atoms with E-state index < -0.39 is 22.6 Å². The average molecular weight is 516 g/mol. The number of carbonyl (C=O) groups excluding carboxylic acids is 1. The Morgan fingerprint density at radius 2 is 1.77 bits per heavy atom. The first-order chi connectivity index (χ1) is 16.5. The van der Waals surface area contributed by atoms with Gasteiger partial charge in [-0.25, -0.2) is 4.79 Å². The van der Waals surface area contributed by atoms with Crippen molar-refractivity contribution in [1.29, 1.82) is 0 Å². The second-order valence-corrected chi connectivity index (χ2v) is 9.40. The highest BCUT2D eigenvalue weighted by Crippen LogP contribution is 2.35. The number of hydrogen-bond acceptors (Lipinski definition) is 5. The molecule has 182 valence electrons. The number of carbonyl (C=O) groups is 2. The first-order valence-corrected chi connectivity index (χ1v) is 11.5. The summed E-state index contributed by atoms with van der Waals surface area (Å²) in [7, 11) is 1.56. The molecule has 0 bridgehead atoms. The Morgan fingerprint density at radius 1 is 1.11 bits per heavy atom. The molecule has 0 aliphatic carbocycles. The van der Waals surface area contributed by atoms with E-state index in [9.17, 15) is 25.0 Å². The number of hydrogen-bond donors (Lipinski definition) is 3. The van der Waals surface area contributed by atoms with Crippen LogP contribution in [-0.4, -0.2) is 41.8 Å². The molecule has 0 fully saturated rings. The van der Waals surface area contributed by atoms with Crippen LogP contribution in [0.25, 0.3) is 0 Å². The minimum absolute atomic E-state index is 0.0210. The number of anilines is 1. The summed E-state index contributed by atoms with van der Waals surface area (Å²) < 4.78 is -0.616. The van der Waals surface area contributed by atoms with Gasteiger partial charge in [-0.15, -0.1) is 0 Å². The van der Waals surface area contributed by atoms with Crippen LogP contribution < -0.4 is 14.9 Å². The van der Waals surface area contributed by atoms with E-state index in [0.29, 0.717) is 17.8 Å². The Bertz CT molecular complexity index is 1260. The fourth-order valence-electron chi connectivity index (χ4n) is 4.21. The van der Waals surface area contributed by atoms with E-state index in [1.165, 1.54) is 18.2 Å². The predicted octanol–water partition coefficient (Wildman–Crippen LogP) is 4.54. The molecule has 0 saturated carbocycles. The molecule has 1 heterocycles. The van der Waals surface area contributed by atoms with E-state index in [1.807, 2.05) is 4.90 Å². The van der Waals surface area contributed by atoms with Crippen molar-refractivity contribution in [3.05, 3.63) is 92.6 Å². The molecule has 1 aliphatic heterocycles. The highest BCUT2D eigenvalue weighted by atomic mass is 35.5. The molecule has 3 aromatic rings. The maximum absolute atomic E-state index is 13.1. The minimum Gasteiger partial charge on any atom is -0.626 e. The molecule has 4 rings (SSSR count). The number of fused-ring (bicyclic) bond motifs is 1. The van der Waals surface area contributed by atoms with Gasteiger partial charge < -0.3 is 30.3 Å². The van der Waals surface area contributed by atoms with Gasteiger partial charge in [-0.05, 0) is 42.0 Å². The smallest absolute Gasteiger partial charge is 0.326 e. The van der Waals surface area contributed by atoms with Crippen LogP contribution >= 0.6 is 23.2 Å². The quantitative estimate of drug-likeness (QED) is 0.328. The molecular weight excluding hydrogens is 493 g/mol. The van der Waals surface area contributed by atoms with Crippen molar-refractivity contribution in [3.63, 3.8) is 0 Å². The zero-order valence-electron chi connectivity index (χ0n) is 18.7. The van der Waals surface area contributed by atoms with Crippen LogP contribution in [0.15, 0.2) is 60.7 Å². The number of carboxylic acid groups (broad SMARTS) is 1. The first kappa shape index (κ1) is 24.8. The maximum Gasteiger partial charge on any atom is 0.326 e. The number of benzene rings is 3. The fourth-order valence-corrected chi connectivity index (χ4v) is 4.78. The zero-order valence-corrected chi connectivity index (χ0v) is 20.3. The molecule has 1 amide bonds. The summed E-state index contributed by atoms with van der Waals surface area (Å²) in [6.07, 6.45) is 0.0372. The van der Waals surface area contributed by atoms with Gasteiger partial charge in [0.15, 0.2) is 6.67 Å². The number of nitrogens with one attached hydrogen (secondary N) is 1. The van der Waals surface area contributed by atoms with E-state index in [4.69, 9.17) is 23.2 Å². The lowest BCUT2D eigenvalue weighted by atomic mass is 10.0. The van der Waals surface area contributed by atoms with Crippen molar-refractivity contribution in [2.75, 3.05) is 18.6 Å². The van der Waals surface area contributed by atoms with Gasteiger partial charge in [0.1, 0.15) is 17.5 Å². The summed E-state index contributed by atoms with van der Waals surface area (Å²) in [4.78, 5) is 26.4. The molecule has 35 heavy (non-hydrogen) atoms. The number of hydroxylamine groups is 2. The Labute approximate surface area is 212 Å². The Morgan fingerprint density at radius 3 is 2.40 bits per heavy atom. The average Bonchev–Trinajstić information content (AvgIpc) is 2.78. The van der Waals surface area contributed by atoms with E-state index in [2.05, 4.69) is 5.32 Å². The largest absolute Gasteiger partial charge is 0.626 e. The number of aromatic hydroxyl groups is 1. The van der Waals surface area contributed by atoms with Crippen molar-refractivity contribution in [2.24, 2.45) is 0 Å². The van der Waals surface area contributed by atoms with Gasteiger partial charge in [-0.2, -0.15) is 0 Å². The topological polar surface area (TPSA) is 113 Å². The molecule has 0 radical (unpaired) electrons. The highest BCUT2D eigenvalue weighted by Gasteiger charge is 2.30. The summed E-state index contributed by atoms with van der Waals surface area (Å²) in [6.45, 7) is 0.634. The number of aliphatic carboxylic acids is 1. The normalized spacial score (nSPS) is 18.0. The molecule has 0 aromatic heterocycles. The van der Waals surface area contributed by atoms with Gasteiger partial charge in [0.05, 0.1) is 29.2 Å². The molecule has 0 saturated heterocycles. The van der Waals surface area contributed by atoms with E-state index in [-0.39, 0.29) is 34.4 Å². The van der Waals surface area contributed by atoms with Crippen molar-refractivity contribution in [3.8, 4) is 5.75 Å². The maximum atomic E-state index is 13.1. The third kappa shape index (κ3) is 5.36. The summed E-state index contributed by atoms with van der Waals surface area (Å²) in [5, 5.41) is 35.3. The SMILES string of the molecule is C[N+]1([O-])CN(c2ccc(C[C@H](NC(=O)c3c(Cl)cccc3Cl)C(=O)O)cc2)Cc2cc(O)ccc21. The lowest BCUT2D eigenvalue weighted by molar-refractivity contribution is -0.139. The van der Waals surface area contributed by atoms with Crippen LogP contribution in [0, 0.1) is 5.21 Å². The van der Waals surface area contributed by atoms with Crippen LogP contribution in [0.5, 0.6) is 5.75 Å². The number of halogens is 2. The van der Waals surface area contributed by atoms with Gasteiger partial charge in [0.2, 0.25) is 0 Å². The standard InChI is InChI=1S/C25H23Cl2N3O5/c1-30(35)14-29(13-16-12-18(31)9-10-22(16)30)17-7-5-15(6-8-17)11-21(25(33)34)28-24(32)23-19(26)3-2-4-20(23)27/h2-10,12,21,31H,11,13-14H2,1H3,(H,28,32)(H,33,34)/t21-,30?/m0/s1. The molecule has 1 unspecified atom stereocenters. The highest BCUT2D eigenvalue weighted by molar-refractivity contribution is 6.39. The number of nitrogens with zero attached hydrogens (tertiary/aromatic N) is 2. The van der Waals surface area contributed by atoms with Crippen LogP contribution in [0.1, 0.15) is 21.5 Å². The molecule has 3 aromatic carbocycles. The second kappa shape index (κ2) is 9.75. The molecule has 8 nitrogen and oxygen atoms in total. The van der Waals surface area contributed by atoms with Crippen LogP contribution in [0.3, 0.4) is 0 Å². The van der Waals surface area contributed by atoms with E-state index >= 15 is 0 Å². The number of carboxylic acids is 1. The van der Waals surface area contributed by atoms with Gasteiger partial charge in [0, 0.05) is 23.7 Å². The first-order valence-electron chi connectivity index (χ1n) is 10.8. The van der Waals surface area contributed by atoms with Gasteiger partial charge in [-0.1, -0.05) is 41.4 Å². The number of phenolic OH excluding ortho intramolecular Hbond substituents is 1. The molecule has 1 aliphatic rings. The number of phenols is 1. The monoisotopic (exact) mass is 515 g/mol. The molecule has 10 heteroatoms. The van der Waals surface area contributed by atoms with Gasteiger partial charge in [-0.3, -0.25) is 4.79 Å². The van der Waals surface area contributed by atoms with Crippen LogP contribution in [0.2, 0.25) is 10.0 Å². The van der Waals surface area contributed by atoms with Crippen LogP contribution in [0.4, 0.5) is 11.4 Å². The number of amides is 1. The van der Waals surface area contributed by atoms with Crippen molar-refractivity contribution in [1.82, 2.24) is 9.96 Å². The second-order valence-electron chi connectivity index (χ2n) is 8.58. The summed E-state index contributed by atoms with van der Waals surface area (Å²) >= 11 is 12.1. The van der Waals surface area contributed by atoms with Gasteiger partial charge >= 0.3 is 5.97 Å². The van der Waals surface area contributed by atoms with E-state index in [1.54, 1.807) is 49.5 Å². The van der Waals surface area contributed by atoms with Gasteiger partial charge in [0.25, 0.3) is 5.91 Å². The lowest BCUT2D eigenvalue weighted by Crippen LogP contribution is -2.51. The minimum atomic E-state index is -1.20. The molecule has 3 N–H and O–H groups in total. The number of quaternary nitrogens is 1. The summed E-state index contributed by atoms with van der Waals surface area (Å²) in [5.74, 6) is -1.77. The van der Waals surface area contributed by atoms with Crippen molar-refractivity contribution >= 4 is 46.5 Å². The van der Waals surface area contributed by atoms with E-state index in [0.717, 1.165) is 11.3 Å². The molecular formula is C25H23Cl2N3O5. The summed E-state index contributed by atoms with van der Waals surface area (Å²) in [6, 6.07) is 15.3. The zero-order chi connectivity index (χ0) is 25.3. The Hall–Kier alpha value is -3.30. The predicted molar refractivity (Wildman–Crippen MR) is 136 cm³/mol.